The van der Waals surface area contributed by atoms with Crippen molar-refractivity contribution in [3.8, 4) is 0 Å². The number of alkyl halides is 3. The minimum absolute atomic E-state index is 0.00890. The molecule has 3 rings (SSSR count). The highest BCUT2D eigenvalue weighted by molar-refractivity contribution is 7.91. The van der Waals surface area contributed by atoms with Crippen LogP contribution in [0.25, 0.3) is 0 Å². The van der Waals surface area contributed by atoms with E-state index >= 15 is 0 Å². The van der Waals surface area contributed by atoms with E-state index < -0.39 is 39.8 Å². The zero-order valence-corrected chi connectivity index (χ0v) is 16.7. The van der Waals surface area contributed by atoms with E-state index in [1.165, 1.54) is 18.2 Å². The van der Waals surface area contributed by atoms with Gasteiger partial charge in [-0.3, -0.25) is 4.79 Å². The topological polar surface area (TPSA) is 86.7 Å². The molecule has 1 saturated heterocycles. The van der Waals surface area contributed by atoms with Crippen molar-refractivity contribution >= 4 is 27.3 Å². The van der Waals surface area contributed by atoms with Crippen molar-refractivity contribution in [3.05, 3.63) is 52.9 Å². The highest BCUT2D eigenvalue weighted by Crippen LogP contribution is 2.31. The molecule has 158 valence electrons. The van der Waals surface area contributed by atoms with Crippen molar-refractivity contribution in [2.24, 2.45) is 0 Å². The van der Waals surface area contributed by atoms with Crippen LogP contribution in [-0.4, -0.2) is 42.9 Å². The predicted molar refractivity (Wildman–Crippen MR) is 101 cm³/mol. The summed E-state index contributed by atoms with van der Waals surface area (Å²) in [5, 5.41) is 14.3. The molecule has 1 fully saturated rings. The summed E-state index contributed by atoms with van der Waals surface area (Å²) < 4.78 is 65.1. The van der Waals surface area contributed by atoms with Crippen LogP contribution in [0.1, 0.15) is 30.1 Å². The van der Waals surface area contributed by atoms with Crippen LogP contribution in [0.5, 0.6) is 0 Å². The van der Waals surface area contributed by atoms with E-state index in [0.29, 0.717) is 12.8 Å². The van der Waals surface area contributed by atoms with Gasteiger partial charge in [-0.25, -0.2) is 8.42 Å². The van der Waals surface area contributed by atoms with Crippen molar-refractivity contribution in [3.63, 3.8) is 0 Å². The molecule has 2 atom stereocenters. The van der Waals surface area contributed by atoms with Crippen molar-refractivity contribution in [1.29, 1.82) is 0 Å². The molecule has 1 aliphatic rings. The van der Waals surface area contributed by atoms with Crippen LogP contribution < -0.4 is 5.32 Å². The van der Waals surface area contributed by atoms with Gasteiger partial charge in [-0.1, -0.05) is 18.2 Å². The summed E-state index contributed by atoms with van der Waals surface area (Å²) in [5.74, 6) is -0.589. The molecular weight excluding hydrogens is 429 g/mol. The van der Waals surface area contributed by atoms with Gasteiger partial charge in [0.05, 0.1) is 11.7 Å². The fraction of sp³-hybridized carbons (Fsp3) is 0.389. The Morgan fingerprint density at radius 2 is 2.07 bits per heavy atom. The molecule has 0 aliphatic carbocycles. The third-order valence-corrected chi connectivity index (χ3v) is 7.91. The number of benzene rings is 1. The molecule has 0 radical (unpaired) electrons. The lowest BCUT2D eigenvalue weighted by Gasteiger charge is -2.23. The van der Waals surface area contributed by atoms with Crippen LogP contribution in [0, 0.1) is 0 Å². The maximum Gasteiger partial charge on any atom is 0.416 e. The Balaban J connectivity index is 1.66. The molecular formula is C18H19F3N2O4S2. The fourth-order valence-electron chi connectivity index (χ4n) is 3.17. The lowest BCUT2D eigenvalue weighted by atomic mass is 10.1. The fourth-order valence-corrected chi connectivity index (χ4v) is 5.95. The molecule has 1 aromatic carbocycles. The van der Waals surface area contributed by atoms with Gasteiger partial charge >= 0.3 is 6.18 Å². The molecule has 1 aliphatic heterocycles. The number of carbonyl (C=O) groups is 1. The maximum absolute atomic E-state index is 12.8. The molecule has 6 nitrogen and oxygen atoms in total. The van der Waals surface area contributed by atoms with Gasteiger partial charge in [0.25, 0.3) is 10.0 Å². The molecule has 2 heterocycles. The number of nitrogens with one attached hydrogen (secondary N) is 1. The summed E-state index contributed by atoms with van der Waals surface area (Å²) in [6.07, 6.45) is -5.06. The largest absolute Gasteiger partial charge is 0.416 e. The first-order chi connectivity index (χ1) is 13.6. The number of sulfonamides is 1. The lowest BCUT2D eigenvalue weighted by molar-refractivity contribution is -0.137. The quantitative estimate of drug-likeness (QED) is 0.712. The Hall–Kier alpha value is -1.95. The Kier molecular flexibility index (Phi) is 6.32. The Morgan fingerprint density at radius 3 is 2.72 bits per heavy atom. The van der Waals surface area contributed by atoms with E-state index in [1.54, 1.807) is 11.4 Å². The molecule has 0 unspecified atom stereocenters. The van der Waals surface area contributed by atoms with Gasteiger partial charge in [-0.15, -0.1) is 11.3 Å². The average Bonchev–Trinajstić information content (AvgIpc) is 3.37. The number of aliphatic hydroxyl groups is 1. The van der Waals surface area contributed by atoms with Crippen LogP contribution in [0.2, 0.25) is 0 Å². The number of nitrogens with zero attached hydrogens (tertiary/aromatic N) is 1. The second-order valence-corrected chi connectivity index (χ2v) is 9.66. The average molecular weight is 448 g/mol. The molecule has 29 heavy (non-hydrogen) atoms. The zero-order chi connectivity index (χ0) is 21.2. The normalized spacial score (nSPS) is 19.2. The molecule has 0 spiro atoms. The van der Waals surface area contributed by atoms with Gasteiger partial charge < -0.3 is 10.4 Å². The van der Waals surface area contributed by atoms with E-state index in [0.717, 1.165) is 27.8 Å². The van der Waals surface area contributed by atoms with Crippen molar-refractivity contribution in [1.82, 2.24) is 9.62 Å². The van der Waals surface area contributed by atoms with Gasteiger partial charge in [0.15, 0.2) is 0 Å². The third kappa shape index (κ3) is 4.80. The molecule has 0 bridgehead atoms. The van der Waals surface area contributed by atoms with Crippen LogP contribution >= 0.6 is 11.3 Å². The van der Waals surface area contributed by atoms with E-state index in [1.807, 2.05) is 0 Å². The Bertz CT molecular complexity index is 962. The second kappa shape index (κ2) is 8.42. The summed E-state index contributed by atoms with van der Waals surface area (Å²) >= 11 is 1.06. The SMILES string of the molecule is O=C(NC[C@@H](O)c1cccc(C(F)(F)F)c1)[C@@H]1CCCN1S(=O)(=O)c1cccs1. The lowest BCUT2D eigenvalue weighted by Crippen LogP contribution is -2.46. The number of thiophene rings is 1. The summed E-state index contributed by atoms with van der Waals surface area (Å²) in [4.78, 5) is 12.5. The Morgan fingerprint density at radius 1 is 1.31 bits per heavy atom. The van der Waals surface area contributed by atoms with Crippen LogP contribution in [0.15, 0.2) is 46.0 Å². The number of hydrogen-bond donors (Lipinski definition) is 2. The van der Waals surface area contributed by atoms with E-state index in [2.05, 4.69) is 5.32 Å². The summed E-state index contributed by atoms with van der Waals surface area (Å²) in [6.45, 7) is -0.127. The highest BCUT2D eigenvalue weighted by atomic mass is 32.2. The maximum atomic E-state index is 12.8. The second-order valence-electron chi connectivity index (χ2n) is 6.59. The molecule has 1 aromatic heterocycles. The van der Waals surface area contributed by atoms with E-state index in [4.69, 9.17) is 0 Å². The number of carbonyl (C=O) groups excluding carboxylic acids is 1. The summed E-state index contributed by atoms with van der Waals surface area (Å²) in [5.41, 5.74) is -0.890. The van der Waals surface area contributed by atoms with Crippen molar-refractivity contribution in [2.75, 3.05) is 13.1 Å². The predicted octanol–water partition coefficient (Wildman–Crippen LogP) is 2.77. The minimum Gasteiger partial charge on any atom is -0.387 e. The molecule has 11 heteroatoms. The standard InChI is InChI=1S/C18H19F3N2O4S2/c19-18(20,21)13-5-1-4-12(10-13)15(24)11-22-17(25)14-6-2-8-23(14)29(26,27)16-7-3-9-28-16/h1,3-5,7,9-10,14-15,24H,2,6,8,11H2,(H,22,25)/t14-,15+/m0/s1. The number of rotatable bonds is 6. The van der Waals surface area contributed by atoms with Gasteiger partial charge in [0.2, 0.25) is 5.91 Å². The zero-order valence-electron chi connectivity index (χ0n) is 15.1. The minimum atomic E-state index is -4.54. The number of halogens is 3. The van der Waals surface area contributed by atoms with Crippen LogP contribution in [-0.2, 0) is 21.0 Å². The Labute approximate surface area is 170 Å². The number of amides is 1. The first-order valence-electron chi connectivity index (χ1n) is 8.79. The monoisotopic (exact) mass is 448 g/mol. The molecule has 2 N–H and O–H groups in total. The van der Waals surface area contributed by atoms with Crippen molar-refractivity contribution < 1.29 is 31.5 Å². The molecule has 0 saturated carbocycles. The van der Waals surface area contributed by atoms with Crippen molar-refractivity contribution in [2.45, 2.75) is 35.4 Å². The van der Waals surface area contributed by atoms with Gasteiger partial charge in [0, 0.05) is 13.1 Å². The van der Waals surface area contributed by atoms with Gasteiger partial charge in [0.1, 0.15) is 10.3 Å². The highest BCUT2D eigenvalue weighted by Gasteiger charge is 2.40. The first kappa shape index (κ1) is 21.8. The van der Waals surface area contributed by atoms with Gasteiger partial charge in [-0.05, 0) is 42.0 Å². The summed E-state index contributed by atoms with van der Waals surface area (Å²) in [7, 11) is -3.80. The number of aliphatic hydroxyl groups excluding tert-OH is 1. The first-order valence-corrected chi connectivity index (χ1v) is 11.1. The third-order valence-electron chi connectivity index (χ3n) is 4.63. The van der Waals surface area contributed by atoms with Gasteiger partial charge in [-0.2, -0.15) is 17.5 Å². The van der Waals surface area contributed by atoms with Crippen LogP contribution in [0.3, 0.4) is 0 Å². The number of hydrogen-bond acceptors (Lipinski definition) is 5. The smallest absolute Gasteiger partial charge is 0.387 e. The summed E-state index contributed by atoms with van der Waals surface area (Å²) in [6, 6.07) is 6.36. The van der Waals surface area contributed by atoms with Crippen LogP contribution in [0.4, 0.5) is 13.2 Å². The molecule has 1 amide bonds. The van der Waals surface area contributed by atoms with E-state index in [9.17, 15) is 31.5 Å². The van der Waals surface area contributed by atoms with E-state index in [-0.39, 0.29) is 22.9 Å². The molecule has 2 aromatic rings.